The van der Waals surface area contributed by atoms with Gasteiger partial charge in [-0.05, 0) is 48.9 Å². The standard InChI is InChI=1S/C26H30N2O4S2/c1-21-13-15-23(16-14-21)34(30,31)28(24-11-6-7-12-25(24)32-2)19-26(29)27-17-8-18-33-20-22-9-4-3-5-10-22/h3-7,9-16H,8,17-20H2,1-2H3,(H,27,29). The molecule has 0 aliphatic heterocycles. The van der Waals surface area contributed by atoms with E-state index in [9.17, 15) is 13.2 Å². The quantitative estimate of drug-likeness (QED) is 0.368. The number of amides is 1. The molecule has 8 heteroatoms. The van der Waals surface area contributed by atoms with Crippen molar-refractivity contribution in [2.75, 3.05) is 30.3 Å². The van der Waals surface area contributed by atoms with Gasteiger partial charge in [-0.25, -0.2) is 8.42 Å². The van der Waals surface area contributed by atoms with E-state index in [2.05, 4.69) is 17.4 Å². The number of thioether (sulfide) groups is 1. The fourth-order valence-electron chi connectivity index (χ4n) is 3.33. The summed E-state index contributed by atoms with van der Waals surface area (Å²) in [5.74, 6) is 1.83. The van der Waals surface area contributed by atoms with Gasteiger partial charge in [0.25, 0.3) is 10.0 Å². The van der Waals surface area contributed by atoms with Crippen LogP contribution in [-0.2, 0) is 20.6 Å². The SMILES string of the molecule is COc1ccccc1N(CC(=O)NCCCSCc1ccccc1)S(=O)(=O)c1ccc(C)cc1. The third-order valence-electron chi connectivity index (χ3n) is 5.15. The molecule has 0 saturated heterocycles. The summed E-state index contributed by atoms with van der Waals surface area (Å²) in [6.07, 6.45) is 0.794. The van der Waals surface area contributed by atoms with E-state index in [0.29, 0.717) is 18.0 Å². The van der Waals surface area contributed by atoms with Crippen LogP contribution in [0.15, 0.2) is 83.8 Å². The second-order valence-electron chi connectivity index (χ2n) is 7.74. The van der Waals surface area contributed by atoms with Crippen molar-refractivity contribution in [3.63, 3.8) is 0 Å². The first kappa shape index (κ1) is 25.6. The van der Waals surface area contributed by atoms with Gasteiger partial charge in [0.05, 0.1) is 17.7 Å². The first-order chi connectivity index (χ1) is 16.4. The average Bonchev–Trinajstić information content (AvgIpc) is 2.85. The molecule has 0 aromatic heterocycles. The van der Waals surface area contributed by atoms with E-state index < -0.39 is 10.0 Å². The lowest BCUT2D eigenvalue weighted by molar-refractivity contribution is -0.119. The molecule has 0 radical (unpaired) electrons. The minimum atomic E-state index is -3.98. The molecule has 0 aliphatic carbocycles. The van der Waals surface area contributed by atoms with Crippen molar-refractivity contribution < 1.29 is 17.9 Å². The summed E-state index contributed by atoms with van der Waals surface area (Å²) in [6.45, 7) is 2.03. The molecule has 0 saturated carbocycles. The van der Waals surface area contributed by atoms with E-state index in [-0.39, 0.29) is 17.3 Å². The van der Waals surface area contributed by atoms with Gasteiger partial charge >= 0.3 is 0 Å². The number of carbonyl (C=O) groups excluding carboxylic acids is 1. The van der Waals surface area contributed by atoms with Gasteiger partial charge in [-0.15, -0.1) is 0 Å². The highest BCUT2D eigenvalue weighted by Gasteiger charge is 2.29. The van der Waals surface area contributed by atoms with Gasteiger partial charge in [-0.2, -0.15) is 11.8 Å². The third-order valence-corrected chi connectivity index (χ3v) is 8.04. The van der Waals surface area contributed by atoms with Crippen LogP contribution in [0.1, 0.15) is 17.5 Å². The predicted octanol–water partition coefficient (Wildman–Crippen LogP) is 4.64. The van der Waals surface area contributed by atoms with E-state index in [1.807, 2.05) is 25.1 Å². The summed E-state index contributed by atoms with van der Waals surface area (Å²) < 4.78 is 33.5. The average molecular weight is 499 g/mol. The largest absolute Gasteiger partial charge is 0.495 e. The van der Waals surface area contributed by atoms with Gasteiger partial charge in [0.15, 0.2) is 0 Å². The van der Waals surface area contributed by atoms with E-state index >= 15 is 0 Å². The van der Waals surface area contributed by atoms with Crippen LogP contribution in [0.3, 0.4) is 0 Å². The maximum absolute atomic E-state index is 13.5. The molecule has 0 unspecified atom stereocenters. The first-order valence-corrected chi connectivity index (χ1v) is 13.6. The Morgan fingerprint density at radius 2 is 1.65 bits per heavy atom. The number of rotatable bonds is 12. The van der Waals surface area contributed by atoms with Crippen molar-refractivity contribution in [1.29, 1.82) is 0 Å². The summed E-state index contributed by atoms with van der Waals surface area (Å²) in [5, 5.41) is 2.85. The van der Waals surface area contributed by atoms with Crippen LogP contribution >= 0.6 is 11.8 Å². The van der Waals surface area contributed by atoms with Crippen LogP contribution in [0.2, 0.25) is 0 Å². The molecular formula is C26H30N2O4S2. The second kappa shape index (κ2) is 12.5. The lowest BCUT2D eigenvalue weighted by Crippen LogP contribution is -2.41. The van der Waals surface area contributed by atoms with Crippen LogP contribution < -0.4 is 14.4 Å². The number of hydrogen-bond acceptors (Lipinski definition) is 5. The van der Waals surface area contributed by atoms with Crippen molar-refractivity contribution >= 4 is 33.4 Å². The zero-order valence-corrected chi connectivity index (χ0v) is 21.1. The van der Waals surface area contributed by atoms with Crippen LogP contribution in [0, 0.1) is 6.92 Å². The Kier molecular flexibility index (Phi) is 9.42. The zero-order valence-electron chi connectivity index (χ0n) is 19.4. The molecule has 0 aliphatic rings. The topological polar surface area (TPSA) is 75.7 Å². The number of benzene rings is 3. The molecule has 180 valence electrons. The number of nitrogens with zero attached hydrogens (tertiary/aromatic N) is 1. The molecule has 0 fully saturated rings. The number of nitrogens with one attached hydrogen (secondary N) is 1. The molecular weight excluding hydrogens is 468 g/mol. The molecule has 0 bridgehead atoms. The predicted molar refractivity (Wildman–Crippen MR) is 139 cm³/mol. The fourth-order valence-corrected chi connectivity index (χ4v) is 5.68. The highest BCUT2D eigenvalue weighted by atomic mass is 32.2. The van der Waals surface area contributed by atoms with Gasteiger partial charge in [0, 0.05) is 12.3 Å². The van der Waals surface area contributed by atoms with E-state index in [1.54, 1.807) is 60.3 Å². The zero-order chi connectivity index (χ0) is 24.4. The van der Waals surface area contributed by atoms with E-state index in [1.165, 1.54) is 12.7 Å². The Balaban J connectivity index is 1.64. The van der Waals surface area contributed by atoms with Crippen molar-refractivity contribution in [1.82, 2.24) is 5.32 Å². The van der Waals surface area contributed by atoms with Crippen LogP contribution in [0.25, 0.3) is 0 Å². The lowest BCUT2D eigenvalue weighted by atomic mass is 10.2. The molecule has 0 atom stereocenters. The smallest absolute Gasteiger partial charge is 0.264 e. The third kappa shape index (κ3) is 7.01. The highest BCUT2D eigenvalue weighted by molar-refractivity contribution is 7.98. The van der Waals surface area contributed by atoms with Crippen LogP contribution in [-0.4, -0.2) is 40.3 Å². The normalized spacial score (nSPS) is 11.1. The maximum atomic E-state index is 13.5. The molecule has 6 nitrogen and oxygen atoms in total. The Morgan fingerprint density at radius 1 is 0.971 bits per heavy atom. The number of ether oxygens (including phenoxy) is 1. The van der Waals surface area contributed by atoms with Crippen molar-refractivity contribution in [3.8, 4) is 5.75 Å². The number of aryl methyl sites for hydroxylation is 1. The van der Waals surface area contributed by atoms with Gasteiger partial charge in [-0.1, -0.05) is 60.2 Å². The van der Waals surface area contributed by atoms with Gasteiger partial charge in [-0.3, -0.25) is 9.10 Å². The minimum absolute atomic E-state index is 0.120. The molecule has 3 rings (SSSR count). The summed E-state index contributed by atoms with van der Waals surface area (Å²) in [4.78, 5) is 12.9. The summed E-state index contributed by atoms with van der Waals surface area (Å²) in [6, 6.07) is 23.6. The monoisotopic (exact) mass is 498 g/mol. The number of hydrogen-bond donors (Lipinski definition) is 1. The van der Waals surface area contributed by atoms with Crippen molar-refractivity contribution in [2.45, 2.75) is 24.0 Å². The van der Waals surface area contributed by atoms with E-state index in [4.69, 9.17) is 4.74 Å². The van der Waals surface area contributed by atoms with Gasteiger partial charge in [0.1, 0.15) is 12.3 Å². The molecule has 1 amide bonds. The Hall–Kier alpha value is -2.97. The maximum Gasteiger partial charge on any atom is 0.264 e. The molecule has 3 aromatic carbocycles. The number of sulfonamides is 1. The summed E-state index contributed by atoms with van der Waals surface area (Å²) in [5.41, 5.74) is 2.54. The van der Waals surface area contributed by atoms with Crippen LogP contribution in [0.4, 0.5) is 5.69 Å². The molecule has 1 N–H and O–H groups in total. The molecule has 0 heterocycles. The second-order valence-corrected chi connectivity index (χ2v) is 10.7. The number of methoxy groups -OCH3 is 1. The van der Waals surface area contributed by atoms with Gasteiger partial charge < -0.3 is 10.1 Å². The fraction of sp³-hybridized carbons (Fsp3) is 0.269. The van der Waals surface area contributed by atoms with Gasteiger partial charge in [0.2, 0.25) is 5.91 Å². The lowest BCUT2D eigenvalue weighted by Gasteiger charge is -2.25. The summed E-state index contributed by atoms with van der Waals surface area (Å²) >= 11 is 1.80. The van der Waals surface area contributed by atoms with Crippen molar-refractivity contribution in [2.24, 2.45) is 0 Å². The molecule has 0 spiro atoms. The number of carbonyl (C=O) groups is 1. The highest BCUT2D eigenvalue weighted by Crippen LogP contribution is 2.32. The minimum Gasteiger partial charge on any atom is -0.495 e. The molecule has 3 aromatic rings. The first-order valence-electron chi connectivity index (χ1n) is 11.0. The number of anilines is 1. The molecule has 34 heavy (non-hydrogen) atoms. The number of para-hydroxylation sites is 2. The Morgan fingerprint density at radius 3 is 2.35 bits per heavy atom. The Bertz CT molecular complexity index is 1170. The Labute approximate surface area is 206 Å². The summed E-state index contributed by atoms with van der Waals surface area (Å²) in [7, 11) is -2.51. The van der Waals surface area contributed by atoms with E-state index in [0.717, 1.165) is 27.8 Å². The van der Waals surface area contributed by atoms with Crippen molar-refractivity contribution in [3.05, 3.63) is 90.0 Å². The van der Waals surface area contributed by atoms with Crippen LogP contribution in [0.5, 0.6) is 5.75 Å².